The van der Waals surface area contributed by atoms with Crippen LogP contribution in [0, 0.1) is 11.6 Å². The van der Waals surface area contributed by atoms with Gasteiger partial charge in [-0.25, -0.2) is 8.78 Å². The molecule has 0 amide bonds. The van der Waals surface area contributed by atoms with Gasteiger partial charge in [0.2, 0.25) is 0 Å². The molecule has 2 N–H and O–H groups in total. The predicted octanol–water partition coefficient (Wildman–Crippen LogP) is 2.77. The SMILES string of the molecule is NCC(=O)c1cc(F)c(F)c(-c2ccccc2)c1. The lowest BCUT2D eigenvalue weighted by atomic mass is 10.0. The Hall–Kier alpha value is -2.07. The van der Waals surface area contributed by atoms with E-state index in [0.717, 1.165) is 6.07 Å². The molecule has 2 aromatic rings. The number of Topliss-reactive ketones (excluding diaryl/α,β-unsaturated/α-hetero) is 1. The highest BCUT2D eigenvalue weighted by Gasteiger charge is 2.15. The standard InChI is InChI=1S/C14H11F2NO/c15-12-7-10(13(18)8-17)6-11(14(12)16)9-4-2-1-3-5-9/h1-7H,8,17H2. The number of carbonyl (C=O) groups is 1. The largest absolute Gasteiger partial charge is 0.324 e. The van der Waals surface area contributed by atoms with E-state index in [2.05, 4.69) is 0 Å². The van der Waals surface area contributed by atoms with Crippen LogP contribution in [0.1, 0.15) is 10.4 Å². The second-order valence-corrected chi connectivity index (χ2v) is 3.81. The molecule has 2 rings (SSSR count). The van der Waals surface area contributed by atoms with Crippen molar-refractivity contribution < 1.29 is 13.6 Å². The van der Waals surface area contributed by atoms with Crippen molar-refractivity contribution >= 4 is 5.78 Å². The minimum Gasteiger partial charge on any atom is -0.324 e. The van der Waals surface area contributed by atoms with Crippen LogP contribution in [0.15, 0.2) is 42.5 Å². The van der Waals surface area contributed by atoms with Gasteiger partial charge in [-0.1, -0.05) is 30.3 Å². The van der Waals surface area contributed by atoms with E-state index in [0.29, 0.717) is 5.56 Å². The Morgan fingerprint density at radius 3 is 2.39 bits per heavy atom. The summed E-state index contributed by atoms with van der Waals surface area (Å²) in [5.41, 5.74) is 5.87. The average Bonchev–Trinajstić information content (AvgIpc) is 2.41. The molecule has 0 saturated heterocycles. The number of hydrogen-bond donors (Lipinski definition) is 1. The van der Waals surface area contributed by atoms with Gasteiger partial charge in [-0.2, -0.15) is 0 Å². The summed E-state index contributed by atoms with van der Waals surface area (Å²) in [6.45, 7) is -0.237. The Bertz CT molecular complexity index is 582. The van der Waals surface area contributed by atoms with Gasteiger partial charge in [-0.3, -0.25) is 4.79 Å². The van der Waals surface area contributed by atoms with Crippen molar-refractivity contribution in [1.29, 1.82) is 0 Å². The van der Waals surface area contributed by atoms with Crippen molar-refractivity contribution in [2.75, 3.05) is 6.54 Å². The first-order chi connectivity index (χ1) is 8.63. The van der Waals surface area contributed by atoms with E-state index in [-0.39, 0.29) is 17.7 Å². The molecule has 0 spiro atoms. The number of carbonyl (C=O) groups excluding carboxylic acids is 1. The van der Waals surface area contributed by atoms with Crippen molar-refractivity contribution in [2.45, 2.75) is 0 Å². The van der Waals surface area contributed by atoms with Crippen LogP contribution in [0.2, 0.25) is 0 Å². The molecule has 0 unspecified atom stereocenters. The molecule has 0 radical (unpaired) electrons. The summed E-state index contributed by atoms with van der Waals surface area (Å²) in [5.74, 6) is -2.44. The smallest absolute Gasteiger partial charge is 0.176 e. The summed E-state index contributed by atoms with van der Waals surface area (Å²) in [7, 11) is 0. The number of halogens is 2. The first-order valence-corrected chi connectivity index (χ1v) is 5.41. The van der Waals surface area contributed by atoms with E-state index in [9.17, 15) is 13.6 Å². The zero-order valence-corrected chi connectivity index (χ0v) is 9.49. The first-order valence-electron chi connectivity index (χ1n) is 5.41. The topological polar surface area (TPSA) is 43.1 Å². The third-order valence-corrected chi connectivity index (χ3v) is 2.62. The van der Waals surface area contributed by atoms with Crippen LogP contribution in [0.4, 0.5) is 8.78 Å². The van der Waals surface area contributed by atoms with E-state index in [1.165, 1.54) is 6.07 Å². The molecule has 4 heteroatoms. The van der Waals surface area contributed by atoms with Gasteiger partial charge in [-0.15, -0.1) is 0 Å². The van der Waals surface area contributed by atoms with E-state index in [1.807, 2.05) is 0 Å². The van der Waals surface area contributed by atoms with Crippen LogP contribution in [0.3, 0.4) is 0 Å². The van der Waals surface area contributed by atoms with Crippen molar-refractivity contribution in [1.82, 2.24) is 0 Å². The van der Waals surface area contributed by atoms with Gasteiger partial charge in [-0.05, 0) is 17.7 Å². The van der Waals surface area contributed by atoms with Crippen molar-refractivity contribution in [2.24, 2.45) is 5.73 Å². The van der Waals surface area contributed by atoms with Crippen LogP contribution in [-0.4, -0.2) is 12.3 Å². The molecule has 2 nitrogen and oxygen atoms in total. The maximum Gasteiger partial charge on any atom is 0.176 e. The zero-order chi connectivity index (χ0) is 13.1. The summed E-state index contributed by atoms with van der Waals surface area (Å²) < 4.78 is 27.2. The van der Waals surface area contributed by atoms with Gasteiger partial charge in [0.05, 0.1) is 6.54 Å². The van der Waals surface area contributed by atoms with Gasteiger partial charge in [0.1, 0.15) is 0 Å². The quantitative estimate of drug-likeness (QED) is 0.847. The van der Waals surface area contributed by atoms with Gasteiger partial charge >= 0.3 is 0 Å². The van der Waals surface area contributed by atoms with Crippen molar-refractivity contribution in [3.63, 3.8) is 0 Å². The molecule has 0 saturated carbocycles. The summed E-state index contributed by atoms with van der Waals surface area (Å²) in [5, 5.41) is 0. The average molecular weight is 247 g/mol. The molecule has 2 aromatic carbocycles. The molecule has 0 aliphatic carbocycles. The molecule has 18 heavy (non-hydrogen) atoms. The third kappa shape index (κ3) is 2.28. The molecule has 0 heterocycles. The van der Waals surface area contributed by atoms with Gasteiger partial charge < -0.3 is 5.73 Å². The highest BCUT2D eigenvalue weighted by molar-refractivity contribution is 5.98. The summed E-state index contributed by atoms with van der Waals surface area (Å²) in [4.78, 5) is 11.4. The van der Waals surface area contributed by atoms with Crippen LogP contribution in [0.25, 0.3) is 11.1 Å². The Morgan fingerprint density at radius 2 is 1.78 bits per heavy atom. The van der Waals surface area contributed by atoms with E-state index >= 15 is 0 Å². The maximum absolute atomic E-state index is 13.7. The fourth-order valence-electron chi connectivity index (χ4n) is 1.70. The number of ketones is 1. The number of benzene rings is 2. The predicted molar refractivity (Wildman–Crippen MR) is 65.2 cm³/mol. The number of nitrogens with two attached hydrogens (primary N) is 1. The highest BCUT2D eigenvalue weighted by Crippen LogP contribution is 2.26. The summed E-state index contributed by atoms with van der Waals surface area (Å²) >= 11 is 0. The Labute approximate surface area is 103 Å². The lowest BCUT2D eigenvalue weighted by Gasteiger charge is -2.07. The van der Waals surface area contributed by atoms with Crippen LogP contribution >= 0.6 is 0 Å². The van der Waals surface area contributed by atoms with Crippen LogP contribution in [-0.2, 0) is 0 Å². The van der Waals surface area contributed by atoms with Crippen LogP contribution in [0.5, 0.6) is 0 Å². The van der Waals surface area contributed by atoms with Crippen molar-refractivity contribution in [3.8, 4) is 11.1 Å². The molecule has 92 valence electrons. The minimum absolute atomic E-state index is 0.0624. The molecule has 0 aliphatic rings. The van der Waals surface area contributed by atoms with E-state index < -0.39 is 17.4 Å². The molecule has 0 fully saturated rings. The second-order valence-electron chi connectivity index (χ2n) is 3.81. The first kappa shape index (κ1) is 12.4. The molecular formula is C14H11F2NO. The Kier molecular flexibility index (Phi) is 3.48. The van der Waals surface area contributed by atoms with Crippen LogP contribution < -0.4 is 5.73 Å². The van der Waals surface area contributed by atoms with E-state index in [1.54, 1.807) is 30.3 Å². The molecule has 0 aliphatic heterocycles. The fraction of sp³-hybridized carbons (Fsp3) is 0.0714. The zero-order valence-electron chi connectivity index (χ0n) is 9.49. The summed E-state index contributed by atoms with van der Waals surface area (Å²) in [6.07, 6.45) is 0. The monoisotopic (exact) mass is 247 g/mol. The summed E-state index contributed by atoms with van der Waals surface area (Å²) in [6, 6.07) is 10.7. The minimum atomic E-state index is -1.05. The van der Waals surface area contributed by atoms with Crippen molar-refractivity contribution in [3.05, 3.63) is 59.7 Å². The number of rotatable bonds is 3. The highest BCUT2D eigenvalue weighted by atomic mass is 19.2. The fourth-order valence-corrected chi connectivity index (χ4v) is 1.70. The Balaban J connectivity index is 2.60. The van der Waals surface area contributed by atoms with Gasteiger partial charge in [0, 0.05) is 11.1 Å². The maximum atomic E-state index is 13.7. The third-order valence-electron chi connectivity index (χ3n) is 2.62. The molecule has 0 aromatic heterocycles. The van der Waals surface area contributed by atoms with Gasteiger partial charge in [0.25, 0.3) is 0 Å². The molecule has 0 bridgehead atoms. The molecular weight excluding hydrogens is 236 g/mol. The van der Waals surface area contributed by atoms with E-state index in [4.69, 9.17) is 5.73 Å². The lowest BCUT2D eigenvalue weighted by molar-refractivity contribution is 0.100. The number of hydrogen-bond acceptors (Lipinski definition) is 2. The lowest BCUT2D eigenvalue weighted by Crippen LogP contribution is -2.14. The Morgan fingerprint density at radius 1 is 1.11 bits per heavy atom. The normalized spacial score (nSPS) is 10.4. The van der Waals surface area contributed by atoms with Gasteiger partial charge in [0.15, 0.2) is 17.4 Å². The second kappa shape index (κ2) is 5.06. The molecule has 0 atom stereocenters.